The Bertz CT molecular complexity index is 1420. The van der Waals surface area contributed by atoms with E-state index >= 15 is 0 Å². The molecule has 1 heterocycles. The van der Waals surface area contributed by atoms with Crippen LogP contribution in [0.15, 0.2) is 77.5 Å². The van der Waals surface area contributed by atoms with Crippen LogP contribution in [-0.4, -0.2) is 17.7 Å². The van der Waals surface area contributed by atoms with E-state index in [1.165, 1.54) is 24.3 Å². The summed E-state index contributed by atoms with van der Waals surface area (Å²) in [6.45, 7) is 3.56. The van der Waals surface area contributed by atoms with Crippen LogP contribution in [0.25, 0.3) is 0 Å². The van der Waals surface area contributed by atoms with Crippen molar-refractivity contribution in [2.75, 3.05) is 15.5 Å². The minimum absolute atomic E-state index is 0.0314. The summed E-state index contributed by atoms with van der Waals surface area (Å²) in [6.07, 6.45) is -4.65. The monoisotopic (exact) mass is 513 g/mol. The van der Waals surface area contributed by atoms with Crippen molar-refractivity contribution < 1.29 is 27.6 Å². The largest absolute Gasteiger partial charge is 0.418 e. The molecule has 2 N–H and O–H groups in total. The van der Waals surface area contributed by atoms with E-state index in [2.05, 4.69) is 10.6 Å². The van der Waals surface area contributed by atoms with Crippen LogP contribution in [0.4, 0.5) is 30.2 Å². The first-order valence-corrected chi connectivity index (χ1v) is 11.1. The van der Waals surface area contributed by atoms with E-state index in [9.17, 15) is 27.6 Å². The molecule has 0 aromatic heterocycles. The molecule has 0 radical (unpaired) electrons. The number of aryl methyl sites for hydroxylation is 2. The van der Waals surface area contributed by atoms with Gasteiger partial charge >= 0.3 is 6.18 Å². The zero-order valence-corrected chi connectivity index (χ0v) is 19.8. The summed E-state index contributed by atoms with van der Waals surface area (Å²) in [5.74, 6) is -2.17. The van der Waals surface area contributed by atoms with Gasteiger partial charge in [0.2, 0.25) is 0 Å². The van der Waals surface area contributed by atoms with Crippen molar-refractivity contribution in [2.24, 2.45) is 0 Å². The number of nitrogens with one attached hydrogen (secondary N) is 2. The Morgan fingerprint density at radius 2 is 1.56 bits per heavy atom. The molecule has 0 saturated carbocycles. The fraction of sp³-hybridized carbons (Fsp3) is 0.115. The maximum atomic E-state index is 13.3. The van der Waals surface area contributed by atoms with E-state index in [1.54, 1.807) is 37.3 Å². The summed E-state index contributed by atoms with van der Waals surface area (Å²) < 4.78 is 39.8. The van der Waals surface area contributed by atoms with Crippen molar-refractivity contribution in [2.45, 2.75) is 20.0 Å². The van der Waals surface area contributed by atoms with Crippen molar-refractivity contribution >= 4 is 46.4 Å². The van der Waals surface area contributed by atoms with Crippen molar-refractivity contribution in [1.82, 2.24) is 0 Å². The number of nitrogens with zero attached hydrogens (tertiary/aromatic N) is 1. The Morgan fingerprint density at radius 1 is 0.889 bits per heavy atom. The first-order valence-electron chi connectivity index (χ1n) is 10.7. The summed E-state index contributed by atoms with van der Waals surface area (Å²) >= 11 is 6.19. The van der Waals surface area contributed by atoms with Crippen LogP contribution >= 0.6 is 11.6 Å². The molecular weight excluding hydrogens is 495 g/mol. The summed E-state index contributed by atoms with van der Waals surface area (Å²) in [6, 6.07) is 15.7. The molecule has 4 rings (SSSR count). The van der Waals surface area contributed by atoms with Gasteiger partial charge in [-0.25, -0.2) is 4.90 Å². The van der Waals surface area contributed by atoms with Gasteiger partial charge in [0.1, 0.15) is 10.7 Å². The molecule has 36 heavy (non-hydrogen) atoms. The van der Waals surface area contributed by atoms with Crippen LogP contribution < -0.4 is 15.5 Å². The Hall–Kier alpha value is -4.11. The van der Waals surface area contributed by atoms with Gasteiger partial charge in [-0.15, -0.1) is 0 Å². The number of imide groups is 1. The molecule has 0 unspecified atom stereocenters. The number of alkyl halides is 3. The molecule has 3 amide bonds. The van der Waals surface area contributed by atoms with Crippen LogP contribution in [0.1, 0.15) is 27.0 Å². The number of carbonyl (C=O) groups excluding carboxylic acids is 3. The van der Waals surface area contributed by atoms with Crippen LogP contribution in [0, 0.1) is 13.8 Å². The van der Waals surface area contributed by atoms with Crippen LogP contribution in [0.3, 0.4) is 0 Å². The number of hydrogen-bond donors (Lipinski definition) is 2. The molecule has 0 aliphatic carbocycles. The number of carbonyl (C=O) groups is 3. The van der Waals surface area contributed by atoms with E-state index in [4.69, 9.17) is 11.6 Å². The van der Waals surface area contributed by atoms with Crippen molar-refractivity contribution in [3.8, 4) is 0 Å². The van der Waals surface area contributed by atoms with Crippen LogP contribution in [-0.2, 0) is 15.8 Å². The highest BCUT2D eigenvalue weighted by Gasteiger charge is 2.39. The first kappa shape index (κ1) is 25.0. The second kappa shape index (κ2) is 9.50. The lowest BCUT2D eigenvalue weighted by Gasteiger charge is -2.16. The molecule has 0 atom stereocenters. The summed E-state index contributed by atoms with van der Waals surface area (Å²) in [7, 11) is 0. The van der Waals surface area contributed by atoms with Crippen LogP contribution in [0.5, 0.6) is 0 Å². The molecule has 6 nitrogen and oxygen atoms in total. The maximum absolute atomic E-state index is 13.3. The Kier molecular flexibility index (Phi) is 6.60. The maximum Gasteiger partial charge on any atom is 0.418 e. The number of hydrogen-bond acceptors (Lipinski definition) is 4. The first-order chi connectivity index (χ1) is 17.0. The van der Waals surface area contributed by atoms with E-state index < -0.39 is 29.5 Å². The predicted molar refractivity (Wildman–Crippen MR) is 131 cm³/mol. The molecule has 0 spiro atoms. The number of amides is 3. The van der Waals surface area contributed by atoms with Crippen molar-refractivity contribution in [3.63, 3.8) is 0 Å². The molecule has 0 fully saturated rings. The van der Waals surface area contributed by atoms with Gasteiger partial charge in [-0.1, -0.05) is 47.5 Å². The molecule has 0 saturated heterocycles. The molecular formula is C26H19ClF3N3O3. The number of halogens is 4. The third-order valence-electron chi connectivity index (χ3n) is 5.56. The molecule has 1 aliphatic rings. The fourth-order valence-corrected chi connectivity index (χ4v) is 3.82. The number of para-hydroxylation sites is 1. The van der Waals surface area contributed by atoms with E-state index in [0.29, 0.717) is 11.3 Å². The second-order valence-electron chi connectivity index (χ2n) is 8.12. The van der Waals surface area contributed by atoms with Crippen molar-refractivity contribution in [3.05, 3.63) is 99.7 Å². The minimum Gasteiger partial charge on any atom is -0.349 e. The predicted octanol–water partition coefficient (Wildman–Crippen LogP) is 6.01. The van der Waals surface area contributed by atoms with E-state index in [0.717, 1.165) is 22.6 Å². The minimum atomic E-state index is -4.65. The van der Waals surface area contributed by atoms with Gasteiger partial charge in [-0.2, -0.15) is 13.2 Å². The summed E-state index contributed by atoms with van der Waals surface area (Å²) in [4.78, 5) is 39.4. The summed E-state index contributed by atoms with van der Waals surface area (Å²) in [5, 5.41) is 4.77. The highest BCUT2D eigenvalue weighted by atomic mass is 35.5. The zero-order valence-electron chi connectivity index (χ0n) is 19.0. The highest BCUT2D eigenvalue weighted by molar-refractivity contribution is 6.53. The second-order valence-corrected chi connectivity index (χ2v) is 8.50. The Balaban J connectivity index is 1.59. The van der Waals surface area contributed by atoms with Gasteiger partial charge in [0.15, 0.2) is 0 Å². The standard InChI is InChI=1S/C26H19ClF3N3O3/c1-14-7-11-17(12-8-14)33-24(35)21(27)22(25(33)36)31-20-13-16(10-9-15(20)2)23(34)32-19-6-4-3-5-18(19)26(28,29)30/h3-13,31H,1-2H3,(H,32,34). The third kappa shape index (κ3) is 4.83. The average Bonchev–Trinajstić information content (AvgIpc) is 3.03. The highest BCUT2D eigenvalue weighted by Crippen LogP contribution is 2.35. The van der Waals surface area contributed by atoms with Gasteiger partial charge in [0.05, 0.1) is 16.9 Å². The normalized spacial score (nSPS) is 13.9. The number of benzene rings is 3. The lowest BCUT2D eigenvalue weighted by Crippen LogP contribution is -2.32. The molecule has 184 valence electrons. The average molecular weight is 514 g/mol. The van der Waals surface area contributed by atoms with Crippen LogP contribution in [0.2, 0.25) is 0 Å². The Morgan fingerprint density at radius 3 is 2.22 bits per heavy atom. The zero-order chi connectivity index (χ0) is 26.2. The number of anilines is 3. The molecule has 3 aromatic carbocycles. The van der Waals surface area contributed by atoms with Crippen molar-refractivity contribution in [1.29, 1.82) is 0 Å². The number of rotatable bonds is 5. The Labute approximate surface area is 209 Å². The topological polar surface area (TPSA) is 78.5 Å². The lowest BCUT2D eigenvalue weighted by atomic mass is 10.1. The van der Waals surface area contributed by atoms with Gasteiger partial charge in [0.25, 0.3) is 17.7 Å². The molecule has 10 heteroatoms. The molecule has 3 aromatic rings. The summed E-state index contributed by atoms with van der Waals surface area (Å²) in [5.41, 5.74) is 0.667. The lowest BCUT2D eigenvalue weighted by molar-refractivity contribution is -0.137. The smallest absolute Gasteiger partial charge is 0.349 e. The molecule has 1 aliphatic heterocycles. The van der Waals surface area contributed by atoms with Gasteiger partial charge in [-0.05, 0) is 55.8 Å². The molecule has 0 bridgehead atoms. The van der Waals surface area contributed by atoms with E-state index in [1.807, 2.05) is 6.92 Å². The van der Waals surface area contributed by atoms with Gasteiger partial charge < -0.3 is 10.6 Å². The fourth-order valence-electron chi connectivity index (χ4n) is 3.61. The van der Waals surface area contributed by atoms with Gasteiger partial charge in [0, 0.05) is 11.3 Å². The SMILES string of the molecule is Cc1ccc(N2C(=O)C(Cl)=C(Nc3cc(C(=O)Nc4ccccc4C(F)(F)F)ccc3C)C2=O)cc1. The van der Waals surface area contributed by atoms with E-state index in [-0.39, 0.29) is 27.7 Å². The quantitative estimate of drug-likeness (QED) is 0.410. The van der Waals surface area contributed by atoms with Gasteiger partial charge in [-0.3, -0.25) is 14.4 Å². The third-order valence-corrected chi connectivity index (χ3v) is 5.91.